The quantitative estimate of drug-likeness (QED) is 0.496. The van der Waals surface area contributed by atoms with Crippen molar-refractivity contribution in [1.29, 1.82) is 0 Å². The predicted octanol–water partition coefficient (Wildman–Crippen LogP) is 1.66. The van der Waals surface area contributed by atoms with Crippen LogP contribution in [0.3, 0.4) is 0 Å². The normalized spacial score (nSPS) is 9.79. The second-order valence-electron chi connectivity index (χ2n) is 3.87. The number of carbonyl (C=O) groups excluding carboxylic acids is 2. The number of nitro groups is 1. The molecule has 0 radical (unpaired) electrons. The highest BCUT2D eigenvalue weighted by molar-refractivity contribution is 5.88. The van der Waals surface area contributed by atoms with Crippen molar-refractivity contribution < 1.29 is 19.2 Å². The van der Waals surface area contributed by atoms with Crippen LogP contribution in [0.5, 0.6) is 0 Å². The number of rotatable bonds is 5. The number of anilines is 1. The van der Waals surface area contributed by atoms with Gasteiger partial charge in [0.25, 0.3) is 5.69 Å². The van der Waals surface area contributed by atoms with Gasteiger partial charge in [0.05, 0.1) is 11.5 Å². The Balaban J connectivity index is 2.91. The van der Waals surface area contributed by atoms with Gasteiger partial charge in [-0.2, -0.15) is 0 Å². The van der Waals surface area contributed by atoms with Crippen LogP contribution in [0, 0.1) is 10.1 Å². The van der Waals surface area contributed by atoms with E-state index in [4.69, 9.17) is 4.74 Å². The van der Waals surface area contributed by atoms with Gasteiger partial charge >= 0.3 is 5.97 Å². The molecule has 1 amide bonds. The van der Waals surface area contributed by atoms with Gasteiger partial charge in [0.2, 0.25) is 5.91 Å². The molecule has 0 aromatic heterocycles. The topological polar surface area (TPSA) is 98.5 Å². The standard InChI is InChI=1S/C12H14N2O5/c1-8(15)13-11-3-4-12(14(17)18)10(7-11)5-6-19-9(2)16/h3-4,7H,5-6H2,1-2H3,(H,13,15). The third-order valence-corrected chi connectivity index (χ3v) is 2.27. The average Bonchev–Trinajstić information content (AvgIpc) is 2.27. The Morgan fingerprint density at radius 1 is 1.37 bits per heavy atom. The molecule has 0 aliphatic heterocycles. The highest BCUT2D eigenvalue weighted by atomic mass is 16.6. The van der Waals surface area contributed by atoms with Crippen LogP contribution in [-0.2, 0) is 20.7 Å². The Bertz CT molecular complexity index is 513. The van der Waals surface area contributed by atoms with Crippen LogP contribution in [0.4, 0.5) is 11.4 Å². The first kappa shape index (κ1) is 14.6. The highest BCUT2D eigenvalue weighted by Gasteiger charge is 2.14. The summed E-state index contributed by atoms with van der Waals surface area (Å²) in [6, 6.07) is 4.27. The summed E-state index contributed by atoms with van der Waals surface area (Å²) < 4.78 is 4.75. The van der Waals surface area contributed by atoms with Crippen molar-refractivity contribution in [2.45, 2.75) is 20.3 Å². The van der Waals surface area contributed by atoms with Crippen LogP contribution in [0.25, 0.3) is 0 Å². The molecule has 1 aromatic rings. The van der Waals surface area contributed by atoms with Crippen molar-refractivity contribution in [3.8, 4) is 0 Å². The zero-order chi connectivity index (χ0) is 14.4. The van der Waals surface area contributed by atoms with Crippen molar-refractivity contribution in [2.24, 2.45) is 0 Å². The lowest BCUT2D eigenvalue weighted by atomic mass is 10.1. The van der Waals surface area contributed by atoms with E-state index in [2.05, 4.69) is 5.32 Å². The molecule has 0 aliphatic carbocycles. The molecule has 102 valence electrons. The summed E-state index contributed by atoms with van der Waals surface area (Å²) in [6.07, 6.45) is 0.212. The number of nitrogens with one attached hydrogen (secondary N) is 1. The third-order valence-electron chi connectivity index (χ3n) is 2.27. The summed E-state index contributed by atoms with van der Waals surface area (Å²) in [4.78, 5) is 31.9. The number of nitro benzene ring substituents is 1. The van der Waals surface area contributed by atoms with Crippen molar-refractivity contribution in [3.05, 3.63) is 33.9 Å². The predicted molar refractivity (Wildman–Crippen MR) is 67.7 cm³/mol. The number of amides is 1. The summed E-state index contributed by atoms with van der Waals surface area (Å²) in [5.74, 6) is -0.708. The minimum atomic E-state index is -0.513. The molecule has 0 saturated heterocycles. The Morgan fingerprint density at radius 2 is 2.05 bits per heavy atom. The number of carbonyl (C=O) groups is 2. The monoisotopic (exact) mass is 266 g/mol. The van der Waals surface area contributed by atoms with Crippen LogP contribution >= 0.6 is 0 Å². The van der Waals surface area contributed by atoms with E-state index in [1.165, 1.54) is 32.0 Å². The Hall–Kier alpha value is -2.44. The number of esters is 1. The van der Waals surface area contributed by atoms with Gasteiger partial charge < -0.3 is 10.1 Å². The van der Waals surface area contributed by atoms with Crippen LogP contribution < -0.4 is 5.32 Å². The summed E-state index contributed by atoms with van der Waals surface area (Å²) in [7, 11) is 0. The number of hydrogen-bond donors (Lipinski definition) is 1. The molecule has 0 saturated carbocycles. The van der Waals surface area contributed by atoms with Gasteiger partial charge in [0, 0.05) is 37.6 Å². The van der Waals surface area contributed by atoms with E-state index in [0.717, 1.165) is 0 Å². The smallest absolute Gasteiger partial charge is 0.302 e. The molecule has 0 aliphatic rings. The number of hydrogen-bond acceptors (Lipinski definition) is 5. The van der Waals surface area contributed by atoms with E-state index in [0.29, 0.717) is 11.3 Å². The maximum absolute atomic E-state index is 10.9. The van der Waals surface area contributed by atoms with Crippen LogP contribution in [0.2, 0.25) is 0 Å². The van der Waals surface area contributed by atoms with E-state index in [9.17, 15) is 19.7 Å². The molecule has 1 N–H and O–H groups in total. The summed E-state index contributed by atoms with van der Waals surface area (Å²) in [5.41, 5.74) is 0.801. The molecular weight excluding hydrogens is 252 g/mol. The molecule has 7 nitrogen and oxygen atoms in total. The lowest BCUT2D eigenvalue weighted by Gasteiger charge is -2.07. The lowest BCUT2D eigenvalue weighted by Crippen LogP contribution is -2.08. The largest absolute Gasteiger partial charge is 0.466 e. The number of benzene rings is 1. The fourth-order valence-corrected chi connectivity index (χ4v) is 1.55. The van der Waals surface area contributed by atoms with Gasteiger partial charge in [0.15, 0.2) is 0 Å². The second-order valence-corrected chi connectivity index (χ2v) is 3.87. The molecule has 0 fully saturated rings. The minimum absolute atomic E-state index is 0.0553. The van der Waals surface area contributed by atoms with Crippen LogP contribution in [-0.4, -0.2) is 23.4 Å². The molecule has 0 atom stereocenters. The highest BCUT2D eigenvalue weighted by Crippen LogP contribution is 2.23. The molecule has 7 heteroatoms. The van der Waals surface area contributed by atoms with Gasteiger partial charge in [-0.25, -0.2) is 0 Å². The van der Waals surface area contributed by atoms with Crippen molar-refractivity contribution in [1.82, 2.24) is 0 Å². The number of nitrogens with zero attached hydrogens (tertiary/aromatic N) is 1. The van der Waals surface area contributed by atoms with E-state index < -0.39 is 10.9 Å². The molecule has 1 aromatic carbocycles. The van der Waals surface area contributed by atoms with Gasteiger partial charge in [-0.15, -0.1) is 0 Å². The van der Waals surface area contributed by atoms with E-state index in [-0.39, 0.29) is 24.6 Å². The zero-order valence-electron chi connectivity index (χ0n) is 10.6. The first-order valence-electron chi connectivity index (χ1n) is 5.58. The summed E-state index contributed by atoms with van der Waals surface area (Å²) in [6.45, 7) is 2.67. The van der Waals surface area contributed by atoms with Crippen LogP contribution in [0.1, 0.15) is 19.4 Å². The molecule has 19 heavy (non-hydrogen) atoms. The van der Waals surface area contributed by atoms with Gasteiger partial charge in [-0.1, -0.05) is 0 Å². The number of ether oxygens (including phenoxy) is 1. The van der Waals surface area contributed by atoms with Gasteiger partial charge in [-0.05, 0) is 12.1 Å². The lowest BCUT2D eigenvalue weighted by molar-refractivity contribution is -0.385. The van der Waals surface area contributed by atoms with Crippen molar-refractivity contribution in [2.75, 3.05) is 11.9 Å². The average molecular weight is 266 g/mol. The SMILES string of the molecule is CC(=O)Nc1ccc([N+](=O)[O-])c(CCOC(C)=O)c1. The van der Waals surface area contributed by atoms with Crippen molar-refractivity contribution in [3.63, 3.8) is 0 Å². The maximum Gasteiger partial charge on any atom is 0.302 e. The first-order valence-corrected chi connectivity index (χ1v) is 5.58. The Kier molecular flexibility index (Phi) is 4.99. The Labute approximate surface area is 109 Å². The zero-order valence-corrected chi connectivity index (χ0v) is 10.6. The third kappa shape index (κ3) is 4.74. The van der Waals surface area contributed by atoms with E-state index >= 15 is 0 Å². The fourth-order valence-electron chi connectivity index (χ4n) is 1.55. The van der Waals surface area contributed by atoms with Gasteiger partial charge in [-0.3, -0.25) is 19.7 Å². The maximum atomic E-state index is 10.9. The summed E-state index contributed by atoms with van der Waals surface area (Å²) >= 11 is 0. The molecular formula is C12H14N2O5. The second kappa shape index (κ2) is 6.48. The fraction of sp³-hybridized carbons (Fsp3) is 0.333. The molecule has 0 heterocycles. The van der Waals surface area contributed by atoms with Gasteiger partial charge in [0.1, 0.15) is 0 Å². The minimum Gasteiger partial charge on any atom is -0.466 e. The first-order chi connectivity index (χ1) is 8.90. The molecule has 1 rings (SSSR count). The summed E-state index contributed by atoms with van der Waals surface area (Å²) in [5, 5.41) is 13.4. The molecule has 0 spiro atoms. The van der Waals surface area contributed by atoms with E-state index in [1.807, 2.05) is 0 Å². The van der Waals surface area contributed by atoms with E-state index in [1.54, 1.807) is 0 Å². The molecule has 0 bridgehead atoms. The molecule has 0 unspecified atom stereocenters. The van der Waals surface area contributed by atoms with Crippen LogP contribution in [0.15, 0.2) is 18.2 Å². The Morgan fingerprint density at radius 3 is 2.58 bits per heavy atom. The van der Waals surface area contributed by atoms with Crippen molar-refractivity contribution >= 4 is 23.3 Å².